The van der Waals surface area contributed by atoms with Gasteiger partial charge in [-0.3, -0.25) is 0 Å². The second-order valence-electron chi connectivity index (χ2n) is 5.47. The summed E-state index contributed by atoms with van der Waals surface area (Å²) < 4.78 is 5.92. The van der Waals surface area contributed by atoms with E-state index in [2.05, 4.69) is 40.7 Å². The van der Waals surface area contributed by atoms with Gasteiger partial charge in [0.05, 0.1) is 11.7 Å². The van der Waals surface area contributed by atoms with Gasteiger partial charge in [0, 0.05) is 0 Å². The molecule has 88 valence electrons. The summed E-state index contributed by atoms with van der Waals surface area (Å²) in [6, 6.07) is 0. The highest BCUT2D eigenvalue weighted by Gasteiger charge is 2.53. The molecule has 0 radical (unpaired) electrons. The van der Waals surface area contributed by atoms with E-state index in [9.17, 15) is 0 Å². The fraction of sp³-hybridized carbons (Fsp3) is 0.857. The Labute approximate surface area is 94.9 Å². The molecule has 0 aromatic carbocycles. The summed E-state index contributed by atoms with van der Waals surface area (Å²) in [4.78, 5) is 0. The van der Waals surface area contributed by atoms with Crippen molar-refractivity contribution in [3.8, 4) is 0 Å². The van der Waals surface area contributed by atoms with E-state index >= 15 is 0 Å². The molecule has 0 spiro atoms. The summed E-state index contributed by atoms with van der Waals surface area (Å²) in [5.41, 5.74) is 1.65. The number of epoxide rings is 1. The van der Waals surface area contributed by atoms with Crippen molar-refractivity contribution >= 4 is 0 Å². The van der Waals surface area contributed by atoms with E-state index in [1.54, 1.807) is 0 Å². The van der Waals surface area contributed by atoms with Crippen LogP contribution in [0.4, 0.5) is 0 Å². The molecule has 1 aliphatic heterocycles. The second-order valence-corrected chi connectivity index (χ2v) is 5.47. The fourth-order valence-corrected chi connectivity index (χ4v) is 2.25. The van der Waals surface area contributed by atoms with Gasteiger partial charge in [0.1, 0.15) is 0 Å². The molecule has 1 nitrogen and oxygen atoms in total. The van der Waals surface area contributed by atoms with Gasteiger partial charge in [0.15, 0.2) is 0 Å². The summed E-state index contributed by atoms with van der Waals surface area (Å²) in [6.07, 6.45) is 7.62. The Balaban J connectivity index is 2.35. The van der Waals surface area contributed by atoms with Gasteiger partial charge < -0.3 is 4.74 Å². The first kappa shape index (κ1) is 12.8. The summed E-state index contributed by atoms with van der Waals surface area (Å²) >= 11 is 0. The molecule has 0 aromatic heterocycles. The van der Waals surface area contributed by atoms with E-state index in [-0.39, 0.29) is 5.60 Å². The number of hydrogen-bond acceptors (Lipinski definition) is 1. The van der Waals surface area contributed by atoms with E-state index in [0.717, 1.165) is 5.92 Å². The number of rotatable bonds is 6. The molecule has 0 saturated carbocycles. The molecule has 0 unspecified atom stereocenters. The van der Waals surface area contributed by atoms with Crippen molar-refractivity contribution in [2.75, 3.05) is 0 Å². The predicted octanol–water partition coefficient (Wildman–Crippen LogP) is 4.33. The van der Waals surface area contributed by atoms with Crippen molar-refractivity contribution in [1.82, 2.24) is 0 Å². The average Bonchev–Trinajstić information content (AvgIpc) is 2.78. The second kappa shape index (κ2) is 5.16. The third-order valence-corrected chi connectivity index (χ3v) is 3.31. The smallest absolute Gasteiger partial charge is 0.0948 e. The SMILES string of the molecule is CC[C@]1(CCC=C(C)C)O[C@H]1CC(C)C. The number of allylic oxidation sites excluding steroid dienone is 2. The van der Waals surface area contributed by atoms with Crippen molar-refractivity contribution in [3.63, 3.8) is 0 Å². The molecular formula is C14H26O. The maximum absolute atomic E-state index is 5.92. The molecule has 0 aromatic rings. The van der Waals surface area contributed by atoms with Crippen LogP contribution in [0.15, 0.2) is 11.6 Å². The quantitative estimate of drug-likeness (QED) is 0.469. The Morgan fingerprint density at radius 1 is 1.40 bits per heavy atom. The van der Waals surface area contributed by atoms with Crippen LogP contribution < -0.4 is 0 Å². The van der Waals surface area contributed by atoms with Crippen LogP contribution in [-0.2, 0) is 4.74 Å². The van der Waals surface area contributed by atoms with Crippen LogP contribution >= 0.6 is 0 Å². The van der Waals surface area contributed by atoms with Crippen molar-refractivity contribution < 1.29 is 4.74 Å². The largest absolute Gasteiger partial charge is 0.366 e. The fourth-order valence-electron chi connectivity index (χ4n) is 2.25. The molecule has 0 N–H and O–H groups in total. The standard InChI is InChI=1S/C14H26O/c1-6-14(9-7-8-11(2)3)13(15-14)10-12(4)5/h8,12-13H,6-7,9-10H2,1-5H3/t13-,14+/m0/s1. The molecule has 1 rings (SSSR count). The van der Waals surface area contributed by atoms with E-state index < -0.39 is 0 Å². The Bertz CT molecular complexity index is 225. The number of ether oxygens (including phenoxy) is 1. The first-order valence-corrected chi connectivity index (χ1v) is 6.31. The van der Waals surface area contributed by atoms with E-state index in [0.29, 0.717) is 6.10 Å². The molecule has 0 amide bonds. The average molecular weight is 210 g/mol. The van der Waals surface area contributed by atoms with Gasteiger partial charge in [-0.05, 0) is 45.4 Å². The van der Waals surface area contributed by atoms with E-state index in [4.69, 9.17) is 4.74 Å². The summed E-state index contributed by atoms with van der Waals surface area (Å²) in [5, 5.41) is 0. The van der Waals surface area contributed by atoms with Gasteiger partial charge in [-0.15, -0.1) is 0 Å². The van der Waals surface area contributed by atoms with Gasteiger partial charge in [-0.25, -0.2) is 0 Å². The van der Waals surface area contributed by atoms with E-state index in [1.165, 1.54) is 31.3 Å². The van der Waals surface area contributed by atoms with Crippen molar-refractivity contribution in [2.24, 2.45) is 5.92 Å². The topological polar surface area (TPSA) is 12.5 Å². The minimum atomic E-state index is 0.232. The molecule has 2 atom stereocenters. The highest BCUT2D eigenvalue weighted by Crippen LogP contribution is 2.46. The highest BCUT2D eigenvalue weighted by molar-refractivity contribution is 5.04. The normalized spacial score (nSPS) is 29.3. The maximum atomic E-state index is 5.92. The van der Waals surface area contributed by atoms with Gasteiger partial charge in [-0.1, -0.05) is 32.4 Å². The molecule has 1 aliphatic rings. The first-order chi connectivity index (χ1) is 7.00. The first-order valence-electron chi connectivity index (χ1n) is 6.31. The number of hydrogen-bond donors (Lipinski definition) is 0. The molecule has 15 heavy (non-hydrogen) atoms. The molecule has 1 heteroatoms. The molecule has 1 heterocycles. The van der Waals surface area contributed by atoms with E-state index in [1.807, 2.05) is 0 Å². The predicted molar refractivity (Wildman–Crippen MR) is 66.0 cm³/mol. The molecule has 1 fully saturated rings. The van der Waals surface area contributed by atoms with Crippen LogP contribution in [0.5, 0.6) is 0 Å². The lowest BCUT2D eigenvalue weighted by Gasteiger charge is -2.09. The third kappa shape index (κ3) is 3.64. The lowest BCUT2D eigenvalue weighted by Crippen LogP contribution is -2.14. The molecular weight excluding hydrogens is 184 g/mol. The Kier molecular flexibility index (Phi) is 4.39. The summed E-state index contributed by atoms with van der Waals surface area (Å²) in [7, 11) is 0. The Hall–Kier alpha value is -0.300. The van der Waals surface area contributed by atoms with Crippen LogP contribution in [0.25, 0.3) is 0 Å². The zero-order valence-corrected chi connectivity index (χ0v) is 11.0. The lowest BCUT2D eigenvalue weighted by molar-refractivity contribution is 0.269. The van der Waals surface area contributed by atoms with Gasteiger partial charge in [0.25, 0.3) is 0 Å². The Morgan fingerprint density at radius 3 is 2.53 bits per heavy atom. The minimum absolute atomic E-state index is 0.232. The van der Waals surface area contributed by atoms with Crippen LogP contribution in [0.1, 0.15) is 60.3 Å². The maximum Gasteiger partial charge on any atom is 0.0948 e. The van der Waals surface area contributed by atoms with Gasteiger partial charge >= 0.3 is 0 Å². The van der Waals surface area contributed by atoms with Crippen LogP contribution in [0.2, 0.25) is 0 Å². The van der Waals surface area contributed by atoms with Crippen LogP contribution in [0.3, 0.4) is 0 Å². The van der Waals surface area contributed by atoms with Gasteiger partial charge in [-0.2, -0.15) is 0 Å². The summed E-state index contributed by atoms with van der Waals surface area (Å²) in [6.45, 7) is 11.1. The van der Waals surface area contributed by atoms with Crippen molar-refractivity contribution in [1.29, 1.82) is 0 Å². The minimum Gasteiger partial charge on any atom is -0.366 e. The van der Waals surface area contributed by atoms with Crippen LogP contribution in [0, 0.1) is 5.92 Å². The van der Waals surface area contributed by atoms with Crippen molar-refractivity contribution in [3.05, 3.63) is 11.6 Å². The zero-order chi connectivity index (χ0) is 11.5. The molecule has 0 bridgehead atoms. The van der Waals surface area contributed by atoms with Crippen molar-refractivity contribution in [2.45, 2.75) is 72.0 Å². The molecule has 0 aliphatic carbocycles. The van der Waals surface area contributed by atoms with Gasteiger partial charge in [0.2, 0.25) is 0 Å². The zero-order valence-electron chi connectivity index (χ0n) is 11.0. The monoisotopic (exact) mass is 210 g/mol. The lowest BCUT2D eigenvalue weighted by atomic mass is 9.91. The summed E-state index contributed by atoms with van der Waals surface area (Å²) in [5.74, 6) is 0.756. The third-order valence-electron chi connectivity index (χ3n) is 3.31. The molecule has 1 saturated heterocycles. The van der Waals surface area contributed by atoms with Crippen LogP contribution in [-0.4, -0.2) is 11.7 Å². The Morgan fingerprint density at radius 2 is 2.07 bits per heavy atom. The highest BCUT2D eigenvalue weighted by atomic mass is 16.6.